The third kappa shape index (κ3) is 3.78. The maximum Gasteiger partial charge on any atom is 0.240 e. The van der Waals surface area contributed by atoms with Gasteiger partial charge in [-0.2, -0.15) is 0 Å². The lowest BCUT2D eigenvalue weighted by atomic mass is 10.0. The van der Waals surface area contributed by atoms with Crippen molar-refractivity contribution in [2.24, 2.45) is 0 Å². The largest absolute Gasteiger partial charge is 0.497 e. The third-order valence-corrected chi connectivity index (χ3v) is 5.86. The third-order valence-electron chi connectivity index (χ3n) is 4.43. The topological polar surface area (TPSA) is 78.9 Å². The lowest BCUT2D eigenvalue weighted by Gasteiger charge is -2.16. The van der Waals surface area contributed by atoms with E-state index in [1.54, 1.807) is 12.1 Å². The molecule has 1 atom stereocenters. The second-order valence-electron chi connectivity index (χ2n) is 6.11. The number of fused-ring (bicyclic) bond motifs is 1. The number of hydrogen-bond acceptors (Lipinski definition) is 5. The van der Waals surface area contributed by atoms with Gasteiger partial charge in [0.15, 0.2) is 0 Å². The first-order valence-electron chi connectivity index (χ1n) is 8.06. The van der Waals surface area contributed by atoms with E-state index in [0.29, 0.717) is 11.3 Å². The molecule has 0 spiro atoms. The number of likely N-dealkylation sites (N-methyl/N-ethyl adjacent to an activating group) is 1. The lowest BCUT2D eigenvalue weighted by Crippen LogP contribution is -2.28. The van der Waals surface area contributed by atoms with Crippen molar-refractivity contribution in [1.29, 1.82) is 0 Å². The smallest absolute Gasteiger partial charge is 0.240 e. The predicted octanol–water partition coefficient (Wildman–Crippen LogP) is 1.70. The van der Waals surface area contributed by atoms with E-state index in [4.69, 9.17) is 4.74 Å². The van der Waals surface area contributed by atoms with Crippen LogP contribution in [0.4, 0.5) is 5.69 Å². The molecule has 1 unspecified atom stereocenters. The van der Waals surface area contributed by atoms with E-state index < -0.39 is 16.1 Å². The molecule has 0 saturated carbocycles. The van der Waals surface area contributed by atoms with Crippen LogP contribution in [0, 0.1) is 0 Å². The van der Waals surface area contributed by atoms with Crippen LogP contribution in [0.3, 0.4) is 0 Å². The molecule has 1 aliphatic rings. The Morgan fingerprint density at radius 1 is 1.28 bits per heavy atom. The van der Waals surface area contributed by atoms with Gasteiger partial charge >= 0.3 is 0 Å². The number of ether oxygens (including phenoxy) is 1. The molecule has 134 valence electrons. The molecule has 0 fully saturated rings. The van der Waals surface area contributed by atoms with Gasteiger partial charge in [0.1, 0.15) is 5.75 Å². The van der Waals surface area contributed by atoms with E-state index >= 15 is 0 Å². The van der Waals surface area contributed by atoms with E-state index in [1.807, 2.05) is 25.2 Å². The van der Waals surface area contributed by atoms with Crippen molar-refractivity contribution in [1.82, 2.24) is 4.72 Å². The van der Waals surface area contributed by atoms with Crippen molar-refractivity contribution in [3.8, 4) is 5.75 Å². The normalized spacial score (nSPS) is 15.1. The number of benzene rings is 2. The second-order valence-corrected chi connectivity index (χ2v) is 7.87. The van der Waals surface area contributed by atoms with Gasteiger partial charge in [-0.3, -0.25) is 0 Å². The summed E-state index contributed by atoms with van der Waals surface area (Å²) in [6, 6.07) is 12.0. The Bertz CT molecular complexity index is 867. The predicted molar refractivity (Wildman–Crippen MR) is 96.6 cm³/mol. The minimum atomic E-state index is -3.71. The highest BCUT2D eigenvalue weighted by atomic mass is 32.2. The number of anilines is 1. The van der Waals surface area contributed by atoms with Crippen molar-refractivity contribution >= 4 is 15.7 Å². The Morgan fingerprint density at radius 2 is 2.08 bits per heavy atom. The number of rotatable bonds is 6. The molecule has 0 bridgehead atoms. The monoisotopic (exact) mass is 362 g/mol. The molecule has 0 radical (unpaired) electrons. The molecule has 0 aliphatic carbocycles. The molecule has 2 aromatic carbocycles. The van der Waals surface area contributed by atoms with Crippen molar-refractivity contribution in [2.45, 2.75) is 17.4 Å². The van der Waals surface area contributed by atoms with Crippen LogP contribution in [0.15, 0.2) is 47.4 Å². The van der Waals surface area contributed by atoms with Crippen molar-refractivity contribution < 1.29 is 18.3 Å². The van der Waals surface area contributed by atoms with E-state index in [0.717, 1.165) is 18.7 Å². The van der Waals surface area contributed by atoms with E-state index in [2.05, 4.69) is 9.62 Å². The number of nitrogens with zero attached hydrogens (tertiary/aromatic N) is 1. The molecule has 0 saturated heterocycles. The number of hydrogen-bond donors (Lipinski definition) is 2. The summed E-state index contributed by atoms with van der Waals surface area (Å²) in [5, 5.41) is 10.4. The summed E-state index contributed by atoms with van der Waals surface area (Å²) in [6.45, 7) is 0.867. The Balaban J connectivity index is 1.70. The summed E-state index contributed by atoms with van der Waals surface area (Å²) in [6.07, 6.45) is 0.0265. The molecular weight excluding hydrogens is 340 g/mol. The minimum Gasteiger partial charge on any atom is -0.497 e. The minimum absolute atomic E-state index is 0.0891. The van der Waals surface area contributed by atoms with Gasteiger partial charge in [0.25, 0.3) is 0 Å². The summed E-state index contributed by atoms with van der Waals surface area (Å²) < 4.78 is 32.3. The first-order chi connectivity index (χ1) is 11.9. The number of nitrogens with one attached hydrogen (secondary N) is 1. The molecule has 1 heterocycles. The van der Waals surface area contributed by atoms with Gasteiger partial charge in [-0.15, -0.1) is 0 Å². The molecular formula is C18H22N2O4S. The fourth-order valence-corrected chi connectivity index (χ4v) is 4.03. The van der Waals surface area contributed by atoms with E-state index in [1.165, 1.54) is 24.8 Å². The molecule has 1 aliphatic heterocycles. The van der Waals surface area contributed by atoms with Gasteiger partial charge < -0.3 is 14.7 Å². The zero-order chi connectivity index (χ0) is 18.0. The quantitative estimate of drug-likeness (QED) is 0.818. The summed E-state index contributed by atoms with van der Waals surface area (Å²) in [4.78, 5) is 2.27. The number of methoxy groups -OCH3 is 1. The molecule has 6 nitrogen and oxygen atoms in total. The number of aliphatic hydroxyl groups excluding tert-OH is 1. The fourth-order valence-electron chi connectivity index (χ4n) is 2.95. The van der Waals surface area contributed by atoms with Gasteiger partial charge in [-0.1, -0.05) is 18.2 Å². The molecule has 0 aromatic heterocycles. The average Bonchev–Trinajstić information content (AvgIpc) is 3.00. The number of aliphatic hydroxyl groups is 1. The second kappa shape index (κ2) is 7.03. The van der Waals surface area contributed by atoms with Crippen LogP contribution in [0.1, 0.15) is 17.2 Å². The Labute approximate surface area is 148 Å². The Hall–Kier alpha value is -2.09. The standard InChI is InChI=1S/C18H22N2O4S/c1-20-9-8-13-10-14(6-7-17(13)20)18(21)12-19-25(22,23)16-5-3-4-15(11-16)24-2/h3-7,10-11,18-19,21H,8-9,12H2,1-2H3. The SMILES string of the molecule is COc1cccc(S(=O)(=O)NCC(O)c2ccc3c(c2)CCN3C)c1. The molecule has 0 amide bonds. The first kappa shape index (κ1) is 17.7. The van der Waals surface area contributed by atoms with Crippen molar-refractivity contribution in [3.63, 3.8) is 0 Å². The average molecular weight is 362 g/mol. The van der Waals surface area contributed by atoms with Crippen LogP contribution >= 0.6 is 0 Å². The van der Waals surface area contributed by atoms with Gasteiger partial charge in [0.2, 0.25) is 10.0 Å². The zero-order valence-electron chi connectivity index (χ0n) is 14.3. The van der Waals surface area contributed by atoms with E-state index in [9.17, 15) is 13.5 Å². The van der Waals surface area contributed by atoms with Gasteiger partial charge in [0.05, 0.1) is 18.1 Å². The van der Waals surface area contributed by atoms with Crippen LogP contribution in [-0.4, -0.2) is 40.8 Å². The Kier molecular flexibility index (Phi) is 4.99. The van der Waals surface area contributed by atoms with Crippen LogP contribution in [-0.2, 0) is 16.4 Å². The van der Waals surface area contributed by atoms with Gasteiger partial charge in [-0.05, 0) is 35.7 Å². The van der Waals surface area contributed by atoms with Gasteiger partial charge in [0, 0.05) is 31.9 Å². The van der Waals surface area contributed by atoms with Crippen LogP contribution in [0.25, 0.3) is 0 Å². The molecule has 2 aromatic rings. The first-order valence-corrected chi connectivity index (χ1v) is 9.55. The molecule has 7 heteroatoms. The lowest BCUT2D eigenvalue weighted by molar-refractivity contribution is 0.182. The van der Waals surface area contributed by atoms with Crippen LogP contribution in [0.2, 0.25) is 0 Å². The highest BCUT2D eigenvalue weighted by Crippen LogP contribution is 2.29. The fraction of sp³-hybridized carbons (Fsp3) is 0.333. The summed E-state index contributed by atoms with van der Waals surface area (Å²) in [5.41, 5.74) is 3.05. The highest BCUT2D eigenvalue weighted by molar-refractivity contribution is 7.89. The number of sulfonamides is 1. The highest BCUT2D eigenvalue weighted by Gasteiger charge is 2.20. The zero-order valence-corrected chi connectivity index (χ0v) is 15.1. The van der Waals surface area contributed by atoms with Crippen molar-refractivity contribution in [2.75, 3.05) is 32.1 Å². The molecule has 3 rings (SSSR count). The van der Waals surface area contributed by atoms with Gasteiger partial charge in [-0.25, -0.2) is 13.1 Å². The summed E-state index contributed by atoms with van der Waals surface area (Å²) in [7, 11) is -0.202. The Morgan fingerprint density at radius 3 is 2.84 bits per heavy atom. The maximum absolute atomic E-state index is 12.4. The van der Waals surface area contributed by atoms with Crippen molar-refractivity contribution in [3.05, 3.63) is 53.6 Å². The maximum atomic E-state index is 12.4. The van der Waals surface area contributed by atoms with Crippen LogP contribution < -0.4 is 14.4 Å². The molecule has 25 heavy (non-hydrogen) atoms. The van der Waals surface area contributed by atoms with E-state index in [-0.39, 0.29) is 11.4 Å². The molecule has 2 N–H and O–H groups in total. The van der Waals surface area contributed by atoms with Crippen LogP contribution in [0.5, 0.6) is 5.75 Å². The summed E-state index contributed by atoms with van der Waals surface area (Å²) >= 11 is 0. The summed E-state index contributed by atoms with van der Waals surface area (Å²) in [5.74, 6) is 0.464.